The Bertz CT molecular complexity index is 565. The van der Waals surface area contributed by atoms with E-state index in [0.717, 1.165) is 47.0 Å². The highest BCUT2D eigenvalue weighted by atomic mass is 16.6. The highest BCUT2D eigenvalue weighted by Gasteiger charge is 2.36. The standard InChI is InChI=1S/C16H22O10/c1-9(17)23-8-14(25-11(3)19)16(26-12(4)20)13(24-10(2)18)6-7-15(21)22-5/h6-7,13-14,16H,8H2,1-5H3/b7-6-/t13-,14-,16+/m1/s1. The topological polar surface area (TPSA) is 132 Å². The summed E-state index contributed by atoms with van der Waals surface area (Å²) in [6.07, 6.45) is -1.92. The monoisotopic (exact) mass is 374 g/mol. The summed E-state index contributed by atoms with van der Waals surface area (Å²) in [5.74, 6) is -3.71. The van der Waals surface area contributed by atoms with Crippen LogP contribution in [-0.4, -0.2) is 61.9 Å². The van der Waals surface area contributed by atoms with Gasteiger partial charge in [-0.2, -0.15) is 0 Å². The minimum absolute atomic E-state index is 0.462. The van der Waals surface area contributed by atoms with Crippen molar-refractivity contribution in [3.05, 3.63) is 12.2 Å². The molecule has 146 valence electrons. The average molecular weight is 374 g/mol. The molecule has 3 atom stereocenters. The maximum Gasteiger partial charge on any atom is 0.330 e. The Hall–Kier alpha value is -2.91. The first-order chi connectivity index (χ1) is 12.1. The molecule has 0 saturated heterocycles. The van der Waals surface area contributed by atoms with Crippen LogP contribution in [0.15, 0.2) is 12.2 Å². The van der Waals surface area contributed by atoms with Crippen molar-refractivity contribution in [3.63, 3.8) is 0 Å². The first kappa shape index (κ1) is 23.1. The van der Waals surface area contributed by atoms with Crippen molar-refractivity contribution >= 4 is 29.8 Å². The van der Waals surface area contributed by atoms with Crippen molar-refractivity contribution in [2.75, 3.05) is 13.7 Å². The van der Waals surface area contributed by atoms with Gasteiger partial charge in [0.25, 0.3) is 0 Å². The van der Waals surface area contributed by atoms with Gasteiger partial charge in [-0.15, -0.1) is 0 Å². The van der Waals surface area contributed by atoms with Crippen molar-refractivity contribution in [2.24, 2.45) is 0 Å². The molecule has 0 aliphatic heterocycles. The molecule has 0 saturated carbocycles. The Morgan fingerprint density at radius 2 is 1.35 bits per heavy atom. The smallest absolute Gasteiger partial charge is 0.330 e. The van der Waals surface area contributed by atoms with E-state index < -0.39 is 54.8 Å². The maximum absolute atomic E-state index is 11.4. The van der Waals surface area contributed by atoms with E-state index in [9.17, 15) is 24.0 Å². The maximum atomic E-state index is 11.4. The molecular weight excluding hydrogens is 352 g/mol. The first-order valence-electron chi connectivity index (χ1n) is 7.48. The molecule has 0 aliphatic carbocycles. The van der Waals surface area contributed by atoms with Crippen molar-refractivity contribution in [2.45, 2.75) is 46.0 Å². The van der Waals surface area contributed by atoms with Crippen LogP contribution in [0.3, 0.4) is 0 Å². The van der Waals surface area contributed by atoms with Crippen LogP contribution < -0.4 is 0 Å². The largest absolute Gasteiger partial charge is 0.466 e. The van der Waals surface area contributed by atoms with Gasteiger partial charge in [0.05, 0.1) is 7.11 Å². The Balaban J connectivity index is 5.77. The van der Waals surface area contributed by atoms with E-state index in [2.05, 4.69) is 4.74 Å². The van der Waals surface area contributed by atoms with E-state index >= 15 is 0 Å². The number of methoxy groups -OCH3 is 1. The van der Waals surface area contributed by atoms with Crippen LogP contribution >= 0.6 is 0 Å². The van der Waals surface area contributed by atoms with Crippen LogP contribution in [0.1, 0.15) is 27.7 Å². The summed E-state index contributed by atoms with van der Waals surface area (Å²) in [5.41, 5.74) is 0. The number of rotatable bonds is 9. The minimum atomic E-state index is -1.37. The molecule has 0 spiro atoms. The molecule has 0 amide bonds. The quantitative estimate of drug-likeness (QED) is 0.310. The van der Waals surface area contributed by atoms with E-state index in [1.165, 1.54) is 0 Å². The molecular formula is C16H22O10. The van der Waals surface area contributed by atoms with E-state index in [1.807, 2.05) is 0 Å². The van der Waals surface area contributed by atoms with Crippen LogP contribution in [0.2, 0.25) is 0 Å². The van der Waals surface area contributed by atoms with Crippen molar-refractivity contribution in [1.82, 2.24) is 0 Å². The van der Waals surface area contributed by atoms with Crippen LogP contribution in [0.25, 0.3) is 0 Å². The second-order valence-corrected chi connectivity index (χ2v) is 4.98. The summed E-state index contributed by atoms with van der Waals surface area (Å²) < 4.78 is 24.4. The summed E-state index contributed by atoms with van der Waals surface area (Å²) in [6, 6.07) is 0. The second-order valence-electron chi connectivity index (χ2n) is 4.98. The fourth-order valence-electron chi connectivity index (χ4n) is 1.80. The predicted octanol–water partition coefficient (Wildman–Crippen LogP) is 0.0738. The minimum Gasteiger partial charge on any atom is -0.466 e. The third-order valence-corrected chi connectivity index (χ3v) is 2.69. The summed E-state index contributed by atoms with van der Waals surface area (Å²) in [5, 5.41) is 0. The lowest BCUT2D eigenvalue weighted by atomic mass is 10.1. The highest BCUT2D eigenvalue weighted by molar-refractivity contribution is 5.82. The molecule has 0 bridgehead atoms. The zero-order valence-electron chi connectivity index (χ0n) is 15.2. The first-order valence-corrected chi connectivity index (χ1v) is 7.48. The molecule has 10 heteroatoms. The zero-order chi connectivity index (χ0) is 20.3. The number of hydrogen-bond donors (Lipinski definition) is 0. The second kappa shape index (κ2) is 11.6. The van der Waals surface area contributed by atoms with Crippen LogP contribution in [0.5, 0.6) is 0 Å². The van der Waals surface area contributed by atoms with E-state index in [1.54, 1.807) is 0 Å². The van der Waals surface area contributed by atoms with Gasteiger partial charge in [0.2, 0.25) is 0 Å². The van der Waals surface area contributed by atoms with Gasteiger partial charge in [-0.05, 0) is 6.08 Å². The molecule has 0 aromatic rings. The van der Waals surface area contributed by atoms with Gasteiger partial charge in [0.1, 0.15) is 6.61 Å². The van der Waals surface area contributed by atoms with Crippen molar-refractivity contribution < 1.29 is 47.7 Å². The van der Waals surface area contributed by atoms with Gasteiger partial charge in [0, 0.05) is 33.8 Å². The Morgan fingerprint density at radius 3 is 1.77 bits per heavy atom. The Morgan fingerprint density at radius 1 is 0.808 bits per heavy atom. The molecule has 0 heterocycles. The lowest BCUT2D eigenvalue weighted by molar-refractivity contribution is -0.185. The summed E-state index contributed by atoms with van der Waals surface area (Å²) >= 11 is 0. The number of ether oxygens (including phenoxy) is 5. The van der Waals surface area contributed by atoms with Gasteiger partial charge in [-0.25, -0.2) is 4.79 Å². The molecule has 10 nitrogen and oxygen atoms in total. The third-order valence-electron chi connectivity index (χ3n) is 2.69. The lowest BCUT2D eigenvalue weighted by Crippen LogP contribution is -2.46. The van der Waals surface area contributed by atoms with E-state index in [4.69, 9.17) is 18.9 Å². The normalized spacial score (nSPS) is 13.9. The summed E-state index contributed by atoms with van der Waals surface area (Å²) in [4.78, 5) is 56.5. The van der Waals surface area contributed by atoms with Crippen LogP contribution in [0, 0.1) is 0 Å². The fraction of sp³-hybridized carbons (Fsp3) is 0.562. The average Bonchev–Trinajstić information content (AvgIpc) is 2.52. The Kier molecular flexibility index (Phi) is 10.3. The number of hydrogen-bond acceptors (Lipinski definition) is 10. The zero-order valence-corrected chi connectivity index (χ0v) is 15.2. The van der Waals surface area contributed by atoms with Crippen molar-refractivity contribution in [3.8, 4) is 0 Å². The molecule has 26 heavy (non-hydrogen) atoms. The highest BCUT2D eigenvalue weighted by Crippen LogP contribution is 2.16. The predicted molar refractivity (Wildman–Crippen MR) is 84.5 cm³/mol. The molecule has 0 unspecified atom stereocenters. The van der Waals surface area contributed by atoms with Gasteiger partial charge >= 0.3 is 29.8 Å². The van der Waals surface area contributed by atoms with E-state index in [0.29, 0.717) is 0 Å². The lowest BCUT2D eigenvalue weighted by Gasteiger charge is -2.30. The third kappa shape index (κ3) is 10.1. The fourth-order valence-corrected chi connectivity index (χ4v) is 1.80. The number of carbonyl (C=O) groups is 5. The SMILES string of the molecule is COC(=O)/C=C\[C@@H](OC(C)=O)[C@H](OC(C)=O)[C@@H](COC(C)=O)OC(C)=O. The van der Waals surface area contributed by atoms with E-state index in [-0.39, 0.29) is 0 Å². The number of esters is 5. The van der Waals surface area contributed by atoms with Gasteiger partial charge in [0.15, 0.2) is 18.3 Å². The summed E-state index contributed by atoms with van der Waals surface area (Å²) in [7, 11) is 1.14. The number of carbonyl (C=O) groups excluding carboxylic acids is 5. The van der Waals surface area contributed by atoms with Gasteiger partial charge < -0.3 is 23.7 Å². The molecule has 0 radical (unpaired) electrons. The summed E-state index contributed by atoms with van der Waals surface area (Å²) in [6.45, 7) is 3.94. The van der Waals surface area contributed by atoms with Gasteiger partial charge in [-0.1, -0.05) is 0 Å². The molecule has 0 aliphatic rings. The molecule has 0 N–H and O–H groups in total. The van der Waals surface area contributed by atoms with Crippen LogP contribution in [-0.2, 0) is 47.7 Å². The van der Waals surface area contributed by atoms with Crippen molar-refractivity contribution in [1.29, 1.82) is 0 Å². The molecule has 0 rings (SSSR count). The molecule has 0 fully saturated rings. The Labute approximate surface area is 150 Å². The molecule has 0 aromatic heterocycles. The van der Waals surface area contributed by atoms with Gasteiger partial charge in [-0.3, -0.25) is 19.2 Å². The molecule has 0 aromatic carbocycles. The van der Waals surface area contributed by atoms with Crippen LogP contribution in [0.4, 0.5) is 0 Å².